The molecule has 25 heavy (non-hydrogen) atoms. The van der Waals surface area contributed by atoms with Crippen molar-refractivity contribution in [2.24, 2.45) is 5.41 Å². The largest absolute Gasteiger partial charge is 0.309 e. The van der Waals surface area contributed by atoms with Crippen LogP contribution >= 0.6 is 0 Å². The van der Waals surface area contributed by atoms with E-state index in [9.17, 15) is 4.79 Å². The van der Waals surface area contributed by atoms with Gasteiger partial charge in [-0.25, -0.2) is 0 Å². The predicted molar refractivity (Wildman–Crippen MR) is 101 cm³/mol. The Labute approximate surface area is 149 Å². The van der Waals surface area contributed by atoms with Gasteiger partial charge in [-0.15, -0.1) is 0 Å². The van der Waals surface area contributed by atoms with Gasteiger partial charge < -0.3 is 14.0 Å². The average molecular weight is 342 g/mol. The molecule has 2 heterocycles. The molecule has 0 amide bonds. The lowest BCUT2D eigenvalue weighted by atomic mass is 9.91. The van der Waals surface area contributed by atoms with E-state index < -0.39 is 5.41 Å². The molecule has 0 radical (unpaired) electrons. The lowest BCUT2D eigenvalue weighted by molar-refractivity contribution is -0.126. The Hall–Kier alpha value is -1.88. The summed E-state index contributed by atoms with van der Waals surface area (Å²) in [5.41, 5.74) is 2.06. The van der Waals surface area contributed by atoms with Gasteiger partial charge in [0.15, 0.2) is 5.78 Å². The van der Waals surface area contributed by atoms with Crippen LogP contribution in [0.2, 0.25) is 0 Å². The van der Waals surface area contributed by atoms with E-state index in [1.54, 1.807) is 0 Å². The number of benzene rings is 1. The number of hydrogen-bond acceptors (Lipinski definition) is 3. The number of carbonyl (C=O) groups excluding carboxylic acids is 1. The van der Waals surface area contributed by atoms with Crippen molar-refractivity contribution in [2.75, 3.05) is 19.6 Å². The molecule has 2 aromatic rings. The van der Waals surface area contributed by atoms with E-state index in [2.05, 4.69) is 15.5 Å². The van der Waals surface area contributed by atoms with Crippen molar-refractivity contribution >= 4 is 16.8 Å². The van der Waals surface area contributed by atoms with Crippen LogP contribution in [0.25, 0.3) is 11.0 Å². The molecule has 5 nitrogen and oxygen atoms in total. The molecule has 1 aliphatic rings. The van der Waals surface area contributed by atoms with Crippen LogP contribution in [0.1, 0.15) is 40.0 Å². The first-order valence-electron chi connectivity index (χ1n) is 9.36. The topological polar surface area (TPSA) is 54.0 Å². The zero-order chi connectivity index (χ0) is 18.0. The van der Waals surface area contributed by atoms with Crippen molar-refractivity contribution in [3.05, 3.63) is 29.9 Å². The highest BCUT2D eigenvalue weighted by Gasteiger charge is 2.23. The summed E-state index contributed by atoms with van der Waals surface area (Å²) in [6, 6.07) is 8.06. The van der Waals surface area contributed by atoms with Crippen LogP contribution in [0.3, 0.4) is 0 Å². The maximum absolute atomic E-state index is 12.5. The summed E-state index contributed by atoms with van der Waals surface area (Å²) in [7, 11) is 0. The van der Waals surface area contributed by atoms with E-state index in [1.165, 1.54) is 19.3 Å². The van der Waals surface area contributed by atoms with Gasteiger partial charge in [0.2, 0.25) is 5.62 Å². The fourth-order valence-corrected chi connectivity index (χ4v) is 3.49. The molecule has 1 saturated heterocycles. The Morgan fingerprint density at radius 1 is 1.00 bits per heavy atom. The van der Waals surface area contributed by atoms with Crippen LogP contribution < -0.4 is 5.62 Å². The van der Waals surface area contributed by atoms with E-state index in [0.717, 1.165) is 37.2 Å². The molecule has 1 aromatic carbocycles. The van der Waals surface area contributed by atoms with Gasteiger partial charge in [-0.2, -0.15) is 0 Å². The first kappa shape index (κ1) is 17.9. The minimum atomic E-state index is -0.392. The minimum Gasteiger partial charge on any atom is -0.309 e. The number of piperidine rings is 1. The maximum atomic E-state index is 12.5. The fourth-order valence-electron chi connectivity index (χ4n) is 3.49. The molecular weight excluding hydrogens is 312 g/mol. The highest BCUT2D eigenvalue weighted by Crippen LogP contribution is 2.18. The first-order valence-corrected chi connectivity index (χ1v) is 9.36. The Bertz CT molecular complexity index is 803. The van der Waals surface area contributed by atoms with Gasteiger partial charge in [-0.1, -0.05) is 39.3 Å². The lowest BCUT2D eigenvalue weighted by Crippen LogP contribution is -2.36. The molecule has 136 valence electrons. The zero-order valence-electron chi connectivity index (χ0n) is 15.7. The monoisotopic (exact) mass is 342 g/mol. The van der Waals surface area contributed by atoms with Gasteiger partial charge in [-0.05, 0) is 38.1 Å². The number of nitrogens with one attached hydrogen (secondary N) is 1. The SMILES string of the molecule is CC(C)(C)C(=O)Cn1c(=N)n(CCN2CCCCC2)c2ccccc21. The van der Waals surface area contributed by atoms with Crippen molar-refractivity contribution in [2.45, 2.75) is 53.1 Å². The second-order valence-corrected chi connectivity index (χ2v) is 8.13. The van der Waals surface area contributed by atoms with Crippen molar-refractivity contribution < 1.29 is 4.79 Å². The molecule has 0 aliphatic carbocycles. The predicted octanol–water partition coefficient (Wildman–Crippen LogP) is 3.02. The molecule has 1 aliphatic heterocycles. The number of carbonyl (C=O) groups is 1. The highest BCUT2D eigenvalue weighted by atomic mass is 16.1. The van der Waals surface area contributed by atoms with Crippen molar-refractivity contribution in [1.29, 1.82) is 5.41 Å². The van der Waals surface area contributed by atoms with E-state index in [0.29, 0.717) is 5.62 Å². The number of nitrogens with zero attached hydrogens (tertiary/aromatic N) is 3. The summed E-state index contributed by atoms with van der Waals surface area (Å²) in [6.45, 7) is 10.2. The molecule has 0 unspecified atom stereocenters. The molecule has 1 N–H and O–H groups in total. The molecule has 1 aromatic heterocycles. The molecule has 0 spiro atoms. The molecule has 0 saturated carbocycles. The van der Waals surface area contributed by atoms with Crippen molar-refractivity contribution in [3.8, 4) is 0 Å². The van der Waals surface area contributed by atoms with Crippen molar-refractivity contribution in [3.63, 3.8) is 0 Å². The van der Waals surface area contributed by atoms with Crippen LogP contribution in [-0.2, 0) is 17.9 Å². The minimum absolute atomic E-state index is 0.157. The molecule has 0 atom stereocenters. The van der Waals surface area contributed by atoms with Gasteiger partial charge in [0.1, 0.15) is 0 Å². The number of likely N-dealkylation sites (tertiary alicyclic amines) is 1. The third-order valence-corrected chi connectivity index (χ3v) is 5.20. The number of Topliss-reactive ketones (excluding diaryl/α,β-unsaturated/α-hetero) is 1. The number of imidazole rings is 1. The molecular formula is C20H30N4O. The maximum Gasteiger partial charge on any atom is 0.203 e. The zero-order valence-corrected chi connectivity index (χ0v) is 15.7. The first-order chi connectivity index (χ1) is 11.9. The number of aromatic nitrogens is 2. The second-order valence-electron chi connectivity index (χ2n) is 8.13. The van der Waals surface area contributed by atoms with Crippen molar-refractivity contribution in [1.82, 2.24) is 14.0 Å². The lowest BCUT2D eigenvalue weighted by Gasteiger charge is -2.26. The van der Waals surface area contributed by atoms with Gasteiger partial charge >= 0.3 is 0 Å². The smallest absolute Gasteiger partial charge is 0.203 e. The molecule has 0 bridgehead atoms. The third kappa shape index (κ3) is 3.87. The van der Waals surface area contributed by atoms with Gasteiger partial charge in [0.25, 0.3) is 0 Å². The molecule has 5 heteroatoms. The third-order valence-electron chi connectivity index (χ3n) is 5.20. The normalized spacial score (nSPS) is 16.4. The second kappa shape index (κ2) is 7.16. The van der Waals surface area contributed by atoms with Crippen LogP contribution in [0, 0.1) is 10.8 Å². The average Bonchev–Trinajstić information content (AvgIpc) is 2.85. The Morgan fingerprint density at radius 2 is 1.60 bits per heavy atom. The Morgan fingerprint density at radius 3 is 2.20 bits per heavy atom. The van der Waals surface area contributed by atoms with Gasteiger partial charge in [0, 0.05) is 18.5 Å². The molecule has 1 fully saturated rings. The summed E-state index contributed by atoms with van der Waals surface area (Å²) >= 11 is 0. The number of rotatable bonds is 5. The number of hydrogen-bond donors (Lipinski definition) is 1. The number of ketones is 1. The fraction of sp³-hybridized carbons (Fsp3) is 0.600. The Balaban J connectivity index is 1.89. The Kier molecular flexibility index (Phi) is 5.13. The van der Waals surface area contributed by atoms with E-state index in [1.807, 2.05) is 43.5 Å². The van der Waals surface area contributed by atoms with E-state index in [4.69, 9.17) is 5.41 Å². The van der Waals surface area contributed by atoms with Gasteiger partial charge in [-0.3, -0.25) is 10.2 Å². The standard InChI is InChI=1S/C20H30N4O/c1-20(2,3)18(25)15-24-17-10-6-5-9-16(17)23(19(24)21)14-13-22-11-7-4-8-12-22/h5-6,9-10,21H,4,7-8,11-15H2,1-3H3. The van der Waals surface area contributed by atoms with Gasteiger partial charge in [0.05, 0.1) is 17.6 Å². The summed E-state index contributed by atoms with van der Waals surface area (Å²) in [5.74, 6) is 0.157. The summed E-state index contributed by atoms with van der Waals surface area (Å²) < 4.78 is 3.92. The quantitative estimate of drug-likeness (QED) is 0.908. The van der Waals surface area contributed by atoms with E-state index in [-0.39, 0.29) is 12.3 Å². The van der Waals surface area contributed by atoms with Crippen LogP contribution in [0.4, 0.5) is 0 Å². The van der Waals surface area contributed by atoms with Crippen LogP contribution in [-0.4, -0.2) is 39.5 Å². The number of fused-ring (bicyclic) bond motifs is 1. The number of para-hydroxylation sites is 2. The summed E-state index contributed by atoms with van der Waals surface area (Å²) in [6.07, 6.45) is 3.89. The van der Waals surface area contributed by atoms with Crippen LogP contribution in [0.15, 0.2) is 24.3 Å². The highest BCUT2D eigenvalue weighted by molar-refractivity contribution is 5.85. The summed E-state index contributed by atoms with van der Waals surface area (Å²) in [4.78, 5) is 15.0. The van der Waals surface area contributed by atoms with E-state index >= 15 is 0 Å². The van der Waals surface area contributed by atoms with Crippen LogP contribution in [0.5, 0.6) is 0 Å². The summed E-state index contributed by atoms with van der Waals surface area (Å²) in [5, 5.41) is 8.65. The molecule has 3 rings (SSSR count).